The van der Waals surface area contributed by atoms with Gasteiger partial charge in [-0.2, -0.15) is 0 Å². The highest BCUT2D eigenvalue weighted by atomic mass is 19.1. The molecule has 1 aliphatic heterocycles. The Morgan fingerprint density at radius 3 is 2.26 bits per heavy atom. The summed E-state index contributed by atoms with van der Waals surface area (Å²) < 4.78 is 20.0. The van der Waals surface area contributed by atoms with Crippen LogP contribution in [0.1, 0.15) is 43.1 Å². The minimum absolute atomic E-state index is 0.247. The molecule has 1 aromatic heterocycles. The lowest BCUT2D eigenvalue weighted by atomic mass is 10.1. The Hall–Kier alpha value is -3.78. The van der Waals surface area contributed by atoms with Crippen molar-refractivity contribution in [1.82, 2.24) is 9.88 Å². The first kappa shape index (κ1) is 24.3. The van der Waals surface area contributed by atoms with Crippen LogP contribution in [0.25, 0.3) is 11.3 Å². The molecule has 2 N–H and O–H groups in total. The van der Waals surface area contributed by atoms with Gasteiger partial charge in [0.15, 0.2) is 0 Å². The maximum atomic E-state index is 14.7. The molecule has 1 saturated heterocycles. The van der Waals surface area contributed by atoms with Crippen molar-refractivity contribution in [3.05, 3.63) is 77.7 Å². The van der Waals surface area contributed by atoms with Crippen molar-refractivity contribution >= 4 is 23.4 Å². The Morgan fingerprint density at radius 2 is 1.69 bits per heavy atom. The fourth-order valence-corrected chi connectivity index (χ4v) is 3.66. The number of amides is 2. The van der Waals surface area contributed by atoms with E-state index in [1.165, 1.54) is 12.5 Å². The summed E-state index contributed by atoms with van der Waals surface area (Å²) in [7, 11) is 0. The van der Waals surface area contributed by atoms with E-state index >= 15 is 0 Å². The number of hydrogen-bond donors (Lipinski definition) is 2. The molecule has 182 valence electrons. The summed E-state index contributed by atoms with van der Waals surface area (Å²) in [5.41, 5.74) is 2.26. The van der Waals surface area contributed by atoms with Gasteiger partial charge in [0, 0.05) is 23.9 Å². The molecule has 7 nitrogen and oxygen atoms in total. The molecule has 2 amide bonds. The predicted octanol–water partition coefficient (Wildman–Crippen LogP) is 5.69. The summed E-state index contributed by atoms with van der Waals surface area (Å²) in [5, 5.41) is 5.45. The third-order valence-corrected chi connectivity index (χ3v) is 5.48. The molecule has 2 heterocycles. The van der Waals surface area contributed by atoms with Crippen molar-refractivity contribution < 1.29 is 18.7 Å². The second-order valence-electron chi connectivity index (χ2n) is 9.51. The average molecular weight is 477 g/mol. The molecule has 0 saturated carbocycles. The smallest absolute Gasteiger partial charge is 0.412 e. The van der Waals surface area contributed by atoms with Crippen LogP contribution in [0, 0.1) is 5.82 Å². The van der Waals surface area contributed by atoms with Gasteiger partial charge >= 0.3 is 6.09 Å². The van der Waals surface area contributed by atoms with Crippen molar-refractivity contribution in [1.29, 1.82) is 0 Å². The summed E-state index contributed by atoms with van der Waals surface area (Å²) in [6, 6.07) is 14.9. The number of para-hydroxylation sites is 2. The molecular weight excluding hydrogens is 447 g/mol. The van der Waals surface area contributed by atoms with Gasteiger partial charge < -0.3 is 10.1 Å². The molecule has 0 radical (unpaired) electrons. The van der Waals surface area contributed by atoms with E-state index in [0.29, 0.717) is 29.0 Å². The highest BCUT2D eigenvalue weighted by Crippen LogP contribution is 2.25. The number of benzene rings is 2. The lowest BCUT2D eigenvalue weighted by molar-refractivity contribution is 0.0635. The number of nitrogens with one attached hydrogen (secondary N) is 2. The van der Waals surface area contributed by atoms with Gasteiger partial charge in [-0.1, -0.05) is 24.3 Å². The van der Waals surface area contributed by atoms with Gasteiger partial charge in [-0.05, 0) is 76.2 Å². The minimum atomic E-state index is -0.646. The highest BCUT2D eigenvalue weighted by molar-refractivity contribution is 6.07. The summed E-state index contributed by atoms with van der Waals surface area (Å²) >= 11 is 0. The largest absolute Gasteiger partial charge is 0.444 e. The van der Waals surface area contributed by atoms with Crippen molar-refractivity contribution in [2.24, 2.45) is 0 Å². The third kappa shape index (κ3) is 6.42. The fraction of sp³-hybridized carbons (Fsp3) is 0.296. The van der Waals surface area contributed by atoms with E-state index in [2.05, 4.69) is 20.5 Å². The molecule has 0 unspecified atom stereocenters. The van der Waals surface area contributed by atoms with E-state index in [4.69, 9.17) is 4.74 Å². The van der Waals surface area contributed by atoms with Gasteiger partial charge in [0.2, 0.25) is 0 Å². The zero-order valence-electron chi connectivity index (χ0n) is 20.1. The maximum absolute atomic E-state index is 14.7. The number of carbonyl (C=O) groups is 2. The summed E-state index contributed by atoms with van der Waals surface area (Å²) in [5.74, 6) is -0.754. The third-order valence-electron chi connectivity index (χ3n) is 5.48. The normalized spacial score (nSPS) is 13.6. The minimum Gasteiger partial charge on any atom is -0.444 e. The highest BCUT2D eigenvalue weighted by Gasteiger charge is 2.18. The molecule has 1 fully saturated rings. The number of nitrogens with zero attached hydrogens (tertiary/aromatic N) is 2. The van der Waals surface area contributed by atoms with Crippen molar-refractivity contribution in [3.63, 3.8) is 0 Å². The number of halogens is 1. The number of carbonyl (C=O) groups excluding carboxylic acids is 2. The molecule has 0 bridgehead atoms. The van der Waals surface area contributed by atoms with Gasteiger partial charge in [0.25, 0.3) is 5.91 Å². The Labute approximate surface area is 204 Å². The maximum Gasteiger partial charge on any atom is 0.412 e. The zero-order chi connectivity index (χ0) is 25.0. The first-order valence-electron chi connectivity index (χ1n) is 11.6. The van der Waals surface area contributed by atoms with Crippen LogP contribution in [-0.4, -0.2) is 40.6 Å². The molecule has 35 heavy (non-hydrogen) atoms. The molecule has 0 spiro atoms. The lowest BCUT2D eigenvalue weighted by Crippen LogP contribution is -2.36. The average Bonchev–Trinajstić information content (AvgIpc) is 2.76. The molecule has 2 aromatic carbocycles. The standard InChI is InChI=1S/C27H29FN4O3/c1-27(2,3)35-26(34)31-23-8-5-4-7-22(23)30-25(33)20-11-9-19(10-12-20)24-21(28)15-18(16-29-24)17-32-13-6-14-32/h4-5,7-12,15-16H,6,13-14,17H2,1-3H3,(H,30,33)(H,31,34). The molecule has 3 aromatic rings. The monoisotopic (exact) mass is 476 g/mol. The molecule has 4 rings (SSSR count). The zero-order valence-corrected chi connectivity index (χ0v) is 20.1. The Bertz CT molecular complexity index is 1220. The van der Waals surface area contributed by atoms with Crippen LogP contribution in [0.5, 0.6) is 0 Å². The molecular formula is C27H29FN4O3. The Balaban J connectivity index is 1.43. The fourth-order valence-electron chi connectivity index (χ4n) is 3.66. The number of hydrogen-bond acceptors (Lipinski definition) is 5. The topological polar surface area (TPSA) is 83.6 Å². The van der Waals surface area contributed by atoms with E-state index < -0.39 is 11.7 Å². The number of aromatic nitrogens is 1. The number of ether oxygens (including phenoxy) is 1. The number of pyridine rings is 1. The van der Waals surface area contributed by atoms with Gasteiger partial charge in [-0.3, -0.25) is 20.0 Å². The summed E-state index contributed by atoms with van der Waals surface area (Å²) in [4.78, 5) is 31.5. The second-order valence-corrected chi connectivity index (χ2v) is 9.51. The van der Waals surface area contributed by atoms with Crippen LogP contribution in [0.3, 0.4) is 0 Å². The molecule has 1 aliphatic rings. The predicted molar refractivity (Wildman–Crippen MR) is 134 cm³/mol. The van der Waals surface area contributed by atoms with Crippen LogP contribution in [0.4, 0.5) is 20.6 Å². The van der Waals surface area contributed by atoms with Crippen molar-refractivity contribution in [2.75, 3.05) is 23.7 Å². The van der Waals surface area contributed by atoms with Crippen LogP contribution >= 0.6 is 0 Å². The second kappa shape index (κ2) is 10.2. The first-order chi connectivity index (χ1) is 16.7. The number of rotatable bonds is 6. The van der Waals surface area contributed by atoms with E-state index in [1.807, 2.05) is 0 Å². The van der Waals surface area contributed by atoms with Crippen molar-refractivity contribution in [2.45, 2.75) is 39.3 Å². The summed E-state index contributed by atoms with van der Waals surface area (Å²) in [6.07, 6.45) is 2.26. The van der Waals surface area contributed by atoms with Crippen LogP contribution in [0.2, 0.25) is 0 Å². The molecule has 8 heteroatoms. The van der Waals surface area contributed by atoms with Crippen LogP contribution < -0.4 is 10.6 Å². The van der Waals surface area contributed by atoms with E-state index in [0.717, 1.165) is 18.7 Å². The molecule has 0 aliphatic carbocycles. The SMILES string of the molecule is CC(C)(C)OC(=O)Nc1ccccc1NC(=O)c1ccc(-c2ncc(CN3CCC3)cc2F)cc1. The Morgan fingerprint density at radius 1 is 1.03 bits per heavy atom. The quantitative estimate of drug-likeness (QED) is 0.477. The van der Waals surface area contributed by atoms with Gasteiger partial charge in [-0.25, -0.2) is 9.18 Å². The van der Waals surface area contributed by atoms with Gasteiger partial charge in [-0.15, -0.1) is 0 Å². The van der Waals surface area contributed by atoms with E-state index in [-0.39, 0.29) is 17.4 Å². The Kier molecular flexibility index (Phi) is 7.12. The van der Waals surface area contributed by atoms with E-state index in [1.54, 1.807) is 75.5 Å². The first-order valence-corrected chi connectivity index (χ1v) is 11.6. The molecule has 0 atom stereocenters. The van der Waals surface area contributed by atoms with Gasteiger partial charge in [0.1, 0.15) is 17.1 Å². The summed E-state index contributed by atoms with van der Waals surface area (Å²) in [6.45, 7) is 8.09. The van der Waals surface area contributed by atoms with Gasteiger partial charge in [0.05, 0.1) is 11.4 Å². The van der Waals surface area contributed by atoms with Crippen molar-refractivity contribution in [3.8, 4) is 11.3 Å². The number of likely N-dealkylation sites (tertiary alicyclic amines) is 1. The lowest BCUT2D eigenvalue weighted by Gasteiger charge is -2.30. The van der Waals surface area contributed by atoms with Crippen LogP contribution in [-0.2, 0) is 11.3 Å². The van der Waals surface area contributed by atoms with E-state index in [9.17, 15) is 14.0 Å². The number of anilines is 2. The van der Waals surface area contributed by atoms with Crippen LogP contribution in [0.15, 0.2) is 60.8 Å².